The van der Waals surface area contributed by atoms with E-state index in [0.717, 1.165) is 17.2 Å². The summed E-state index contributed by atoms with van der Waals surface area (Å²) in [7, 11) is 1.60. The molecule has 0 aliphatic heterocycles. The first-order valence-electron chi connectivity index (χ1n) is 4.51. The van der Waals surface area contributed by atoms with Crippen molar-refractivity contribution in [2.24, 2.45) is 0 Å². The Bertz CT molecular complexity index is 399. The normalized spacial score (nSPS) is 9.93. The summed E-state index contributed by atoms with van der Waals surface area (Å²) in [5, 5.41) is 6.25. The maximum absolute atomic E-state index is 4.97. The smallest absolute Gasteiger partial charge is 0.213 e. The molecule has 0 aromatic carbocycles. The minimum atomic E-state index is 0.620. The van der Waals surface area contributed by atoms with Crippen LogP contribution >= 0.6 is 11.3 Å². The van der Waals surface area contributed by atoms with E-state index < -0.39 is 0 Å². The van der Waals surface area contributed by atoms with Gasteiger partial charge < -0.3 is 10.1 Å². The van der Waals surface area contributed by atoms with E-state index in [1.54, 1.807) is 30.8 Å². The third-order valence-corrected chi connectivity index (χ3v) is 2.65. The largest absolute Gasteiger partial charge is 0.481 e. The molecule has 0 radical (unpaired) electrons. The van der Waals surface area contributed by atoms with E-state index >= 15 is 0 Å². The first kappa shape index (κ1) is 9.92. The fraction of sp³-hybridized carbons (Fsp3) is 0.200. The zero-order valence-electron chi connectivity index (χ0n) is 8.30. The molecular formula is C10H11N3OS. The fourth-order valence-electron chi connectivity index (χ4n) is 1.12. The Morgan fingerprint density at radius 1 is 1.40 bits per heavy atom. The number of nitrogens with one attached hydrogen (secondary N) is 1. The van der Waals surface area contributed by atoms with Crippen molar-refractivity contribution in [3.63, 3.8) is 0 Å². The molecule has 2 aromatic heterocycles. The molecule has 0 spiro atoms. The molecule has 0 aliphatic carbocycles. The average molecular weight is 221 g/mol. The van der Waals surface area contributed by atoms with Gasteiger partial charge in [0.15, 0.2) is 0 Å². The maximum atomic E-state index is 4.97. The van der Waals surface area contributed by atoms with Gasteiger partial charge in [-0.25, -0.2) is 9.97 Å². The molecule has 0 amide bonds. The van der Waals surface area contributed by atoms with Gasteiger partial charge in [-0.3, -0.25) is 0 Å². The number of methoxy groups -OCH3 is 1. The van der Waals surface area contributed by atoms with Crippen molar-refractivity contribution in [2.45, 2.75) is 6.54 Å². The SMILES string of the molecule is COc1ccc(NCc2nccs2)cn1. The van der Waals surface area contributed by atoms with Crippen molar-refractivity contribution >= 4 is 17.0 Å². The Kier molecular flexibility index (Phi) is 3.14. The van der Waals surface area contributed by atoms with Crippen LogP contribution in [-0.4, -0.2) is 17.1 Å². The molecule has 4 nitrogen and oxygen atoms in total. The van der Waals surface area contributed by atoms with Gasteiger partial charge in [-0.1, -0.05) is 0 Å². The molecule has 0 fully saturated rings. The van der Waals surface area contributed by atoms with Crippen LogP contribution in [0.4, 0.5) is 5.69 Å². The third kappa shape index (κ3) is 2.66. The minimum Gasteiger partial charge on any atom is -0.481 e. The van der Waals surface area contributed by atoms with Gasteiger partial charge in [0.25, 0.3) is 0 Å². The Morgan fingerprint density at radius 3 is 2.93 bits per heavy atom. The standard InChI is InChI=1S/C10H11N3OS/c1-14-9-3-2-8(6-13-9)12-7-10-11-4-5-15-10/h2-6,12H,7H2,1H3. The Labute approximate surface area is 92.0 Å². The van der Waals surface area contributed by atoms with E-state index in [0.29, 0.717) is 5.88 Å². The van der Waals surface area contributed by atoms with Crippen LogP contribution in [0.5, 0.6) is 5.88 Å². The lowest BCUT2D eigenvalue weighted by molar-refractivity contribution is 0.398. The average Bonchev–Trinajstić information content (AvgIpc) is 2.80. The number of rotatable bonds is 4. The van der Waals surface area contributed by atoms with E-state index in [2.05, 4.69) is 15.3 Å². The van der Waals surface area contributed by atoms with Gasteiger partial charge in [0.05, 0.1) is 25.5 Å². The summed E-state index contributed by atoms with van der Waals surface area (Å²) in [5.74, 6) is 0.620. The van der Waals surface area contributed by atoms with Crippen molar-refractivity contribution in [1.82, 2.24) is 9.97 Å². The predicted octanol–water partition coefficient (Wildman–Crippen LogP) is 2.16. The van der Waals surface area contributed by atoms with Gasteiger partial charge in [-0.05, 0) is 6.07 Å². The summed E-state index contributed by atoms with van der Waals surface area (Å²) in [6.07, 6.45) is 3.54. The van der Waals surface area contributed by atoms with Crippen molar-refractivity contribution in [3.8, 4) is 5.88 Å². The maximum Gasteiger partial charge on any atom is 0.213 e. The molecule has 0 atom stereocenters. The molecule has 2 rings (SSSR count). The number of hydrogen-bond acceptors (Lipinski definition) is 5. The molecule has 1 N–H and O–H groups in total. The second kappa shape index (κ2) is 4.75. The molecule has 15 heavy (non-hydrogen) atoms. The van der Waals surface area contributed by atoms with E-state index in [1.807, 2.05) is 17.5 Å². The minimum absolute atomic E-state index is 0.620. The molecule has 0 saturated carbocycles. The van der Waals surface area contributed by atoms with Crippen LogP contribution in [0.15, 0.2) is 29.9 Å². The molecule has 0 bridgehead atoms. The number of hydrogen-bond donors (Lipinski definition) is 1. The molecule has 2 aromatic rings. The fourth-order valence-corrected chi connectivity index (χ4v) is 1.68. The topological polar surface area (TPSA) is 47.0 Å². The summed E-state index contributed by atoms with van der Waals surface area (Å²) in [4.78, 5) is 8.27. The highest BCUT2D eigenvalue weighted by molar-refractivity contribution is 7.09. The van der Waals surface area contributed by atoms with Crippen molar-refractivity contribution < 1.29 is 4.74 Å². The second-order valence-corrected chi connectivity index (χ2v) is 3.85. The molecule has 5 heteroatoms. The summed E-state index contributed by atoms with van der Waals surface area (Å²) in [5.41, 5.74) is 0.964. The van der Waals surface area contributed by atoms with E-state index in [9.17, 15) is 0 Å². The van der Waals surface area contributed by atoms with E-state index in [1.165, 1.54) is 0 Å². The number of ether oxygens (including phenoxy) is 1. The number of pyridine rings is 1. The van der Waals surface area contributed by atoms with Crippen LogP contribution in [0.2, 0.25) is 0 Å². The van der Waals surface area contributed by atoms with Crippen LogP contribution in [0, 0.1) is 0 Å². The molecule has 0 unspecified atom stereocenters. The van der Waals surface area contributed by atoms with Gasteiger partial charge in [0, 0.05) is 17.6 Å². The van der Waals surface area contributed by atoms with Gasteiger partial charge in [0.1, 0.15) is 5.01 Å². The number of anilines is 1. The molecule has 2 heterocycles. The van der Waals surface area contributed by atoms with Gasteiger partial charge in [-0.2, -0.15) is 0 Å². The van der Waals surface area contributed by atoms with Crippen LogP contribution in [0.25, 0.3) is 0 Å². The molecule has 0 aliphatic rings. The predicted molar refractivity (Wildman–Crippen MR) is 60.2 cm³/mol. The summed E-state index contributed by atoms with van der Waals surface area (Å²) in [6.45, 7) is 0.728. The van der Waals surface area contributed by atoms with Crippen molar-refractivity contribution in [2.75, 3.05) is 12.4 Å². The lowest BCUT2D eigenvalue weighted by Crippen LogP contribution is -1.99. The van der Waals surface area contributed by atoms with Crippen LogP contribution in [-0.2, 0) is 6.54 Å². The lowest BCUT2D eigenvalue weighted by atomic mass is 10.4. The Morgan fingerprint density at radius 2 is 2.33 bits per heavy atom. The summed E-state index contributed by atoms with van der Waals surface area (Å²) >= 11 is 1.63. The quantitative estimate of drug-likeness (QED) is 0.859. The Hall–Kier alpha value is -1.62. The molecule has 0 saturated heterocycles. The lowest BCUT2D eigenvalue weighted by Gasteiger charge is -2.04. The highest BCUT2D eigenvalue weighted by Crippen LogP contribution is 2.12. The van der Waals surface area contributed by atoms with Gasteiger partial charge in [0.2, 0.25) is 5.88 Å². The first-order chi connectivity index (χ1) is 7.38. The Balaban J connectivity index is 1.93. The molecule has 78 valence electrons. The van der Waals surface area contributed by atoms with E-state index in [4.69, 9.17) is 4.74 Å². The van der Waals surface area contributed by atoms with Crippen LogP contribution < -0.4 is 10.1 Å². The highest BCUT2D eigenvalue weighted by atomic mass is 32.1. The first-order valence-corrected chi connectivity index (χ1v) is 5.39. The monoisotopic (exact) mass is 221 g/mol. The van der Waals surface area contributed by atoms with Crippen LogP contribution in [0.1, 0.15) is 5.01 Å². The third-order valence-electron chi connectivity index (χ3n) is 1.87. The number of thiazole rings is 1. The second-order valence-electron chi connectivity index (χ2n) is 2.87. The number of aromatic nitrogens is 2. The zero-order valence-corrected chi connectivity index (χ0v) is 9.12. The van der Waals surface area contributed by atoms with Gasteiger partial charge >= 0.3 is 0 Å². The number of nitrogens with zero attached hydrogens (tertiary/aromatic N) is 2. The van der Waals surface area contributed by atoms with Crippen LogP contribution in [0.3, 0.4) is 0 Å². The van der Waals surface area contributed by atoms with Gasteiger partial charge in [-0.15, -0.1) is 11.3 Å². The summed E-state index contributed by atoms with van der Waals surface area (Å²) < 4.78 is 4.97. The van der Waals surface area contributed by atoms with E-state index in [-0.39, 0.29) is 0 Å². The summed E-state index contributed by atoms with van der Waals surface area (Å²) in [6, 6.07) is 3.75. The van der Waals surface area contributed by atoms with Crippen molar-refractivity contribution in [3.05, 3.63) is 34.9 Å². The highest BCUT2D eigenvalue weighted by Gasteiger charge is 1.97. The zero-order chi connectivity index (χ0) is 10.5. The van der Waals surface area contributed by atoms with Crippen molar-refractivity contribution in [1.29, 1.82) is 0 Å². The molecular weight excluding hydrogens is 210 g/mol.